The van der Waals surface area contributed by atoms with Gasteiger partial charge in [-0.25, -0.2) is 0 Å². The number of halogens is 1. The van der Waals surface area contributed by atoms with Crippen molar-refractivity contribution in [3.8, 4) is 0 Å². The van der Waals surface area contributed by atoms with E-state index < -0.39 is 0 Å². The third kappa shape index (κ3) is 2.70. The van der Waals surface area contributed by atoms with E-state index in [0.717, 1.165) is 6.54 Å². The monoisotopic (exact) mass is 189 g/mol. The summed E-state index contributed by atoms with van der Waals surface area (Å²) in [6.07, 6.45) is 6.42. The number of rotatable bonds is 0. The van der Waals surface area contributed by atoms with Gasteiger partial charge in [0.25, 0.3) is 0 Å². The van der Waals surface area contributed by atoms with Crippen LogP contribution in [0, 0.1) is 0 Å². The average molecular weight is 190 g/mol. The third-order valence-corrected chi connectivity index (χ3v) is 1.29. The molecule has 1 heterocycles. The molecule has 0 bridgehead atoms. The summed E-state index contributed by atoms with van der Waals surface area (Å²) in [5, 5.41) is 0. The van der Waals surface area contributed by atoms with Crippen molar-refractivity contribution in [1.29, 1.82) is 0 Å². The highest BCUT2D eigenvalue weighted by molar-refractivity contribution is 8.93. The molecule has 0 spiro atoms. The van der Waals surface area contributed by atoms with Gasteiger partial charge in [-0.2, -0.15) is 0 Å². The highest BCUT2D eigenvalue weighted by Gasteiger charge is 1.92. The molecule has 0 saturated heterocycles. The lowest BCUT2D eigenvalue weighted by atomic mass is 10.2. The molecule has 0 unspecified atom stereocenters. The van der Waals surface area contributed by atoms with E-state index in [2.05, 4.69) is 37.2 Å². The van der Waals surface area contributed by atoms with Crippen molar-refractivity contribution in [2.45, 2.75) is 6.92 Å². The van der Waals surface area contributed by atoms with Crippen molar-refractivity contribution in [2.75, 3.05) is 13.6 Å². The summed E-state index contributed by atoms with van der Waals surface area (Å²) in [4.78, 5) is 2.15. The molecular weight excluding hydrogens is 178 g/mol. The number of hydrogen-bond donors (Lipinski definition) is 0. The molecule has 1 nitrogen and oxygen atoms in total. The van der Waals surface area contributed by atoms with Crippen LogP contribution in [0.5, 0.6) is 0 Å². The van der Waals surface area contributed by atoms with Crippen molar-refractivity contribution in [3.05, 3.63) is 23.9 Å². The van der Waals surface area contributed by atoms with Gasteiger partial charge in [0, 0.05) is 13.6 Å². The molecule has 1 aliphatic heterocycles. The lowest BCUT2D eigenvalue weighted by molar-refractivity contribution is 0.502. The summed E-state index contributed by atoms with van der Waals surface area (Å²) in [5.74, 6) is 0. The Morgan fingerprint density at radius 3 is 2.56 bits per heavy atom. The zero-order valence-electron chi connectivity index (χ0n) is 5.79. The minimum atomic E-state index is 0. The van der Waals surface area contributed by atoms with E-state index in [1.165, 1.54) is 5.57 Å². The molecular formula is C7H12BrN. The van der Waals surface area contributed by atoms with Crippen LogP contribution < -0.4 is 0 Å². The molecule has 0 radical (unpaired) electrons. The molecule has 0 aromatic carbocycles. The Morgan fingerprint density at radius 2 is 2.22 bits per heavy atom. The predicted molar refractivity (Wildman–Crippen MR) is 45.8 cm³/mol. The van der Waals surface area contributed by atoms with Gasteiger partial charge in [0.15, 0.2) is 0 Å². The first-order chi connectivity index (χ1) is 3.79. The lowest BCUT2D eigenvalue weighted by Gasteiger charge is -2.14. The molecule has 52 valence electrons. The van der Waals surface area contributed by atoms with Gasteiger partial charge in [-0.1, -0.05) is 11.6 Å². The Labute approximate surface area is 66.8 Å². The van der Waals surface area contributed by atoms with E-state index in [4.69, 9.17) is 0 Å². The molecule has 1 aliphatic rings. The van der Waals surface area contributed by atoms with Crippen LogP contribution in [-0.4, -0.2) is 18.5 Å². The molecule has 0 aliphatic carbocycles. The van der Waals surface area contributed by atoms with Crippen molar-refractivity contribution in [3.63, 3.8) is 0 Å². The number of likely N-dealkylation sites (N-methyl/N-ethyl adjacent to an activating group) is 1. The SMILES string of the molecule is Br.CC1=CCN(C)C=C1. The maximum Gasteiger partial charge on any atom is 0.0356 e. The van der Waals surface area contributed by atoms with Crippen LogP contribution in [0.2, 0.25) is 0 Å². The summed E-state index contributed by atoms with van der Waals surface area (Å²) < 4.78 is 0. The van der Waals surface area contributed by atoms with Crippen molar-refractivity contribution in [1.82, 2.24) is 4.90 Å². The summed E-state index contributed by atoms with van der Waals surface area (Å²) in [6, 6.07) is 0. The van der Waals surface area contributed by atoms with E-state index in [0.29, 0.717) is 0 Å². The van der Waals surface area contributed by atoms with Gasteiger partial charge in [0.1, 0.15) is 0 Å². The maximum absolute atomic E-state index is 2.21. The number of nitrogens with zero attached hydrogens (tertiary/aromatic N) is 1. The molecule has 0 saturated carbocycles. The van der Waals surface area contributed by atoms with Gasteiger partial charge in [-0.05, 0) is 19.2 Å². The normalized spacial score (nSPS) is 16.7. The summed E-state index contributed by atoms with van der Waals surface area (Å²) >= 11 is 0. The van der Waals surface area contributed by atoms with E-state index in [-0.39, 0.29) is 17.0 Å². The Hall–Kier alpha value is -0.240. The second kappa shape index (κ2) is 3.72. The molecule has 2 heteroatoms. The molecule has 0 atom stereocenters. The number of allylic oxidation sites excluding steroid dienone is 2. The van der Waals surface area contributed by atoms with E-state index in [1.807, 2.05) is 0 Å². The van der Waals surface area contributed by atoms with Gasteiger partial charge < -0.3 is 4.90 Å². The minimum Gasteiger partial charge on any atom is -0.377 e. The Morgan fingerprint density at radius 1 is 1.56 bits per heavy atom. The van der Waals surface area contributed by atoms with Crippen LogP contribution in [0.1, 0.15) is 6.92 Å². The summed E-state index contributed by atoms with van der Waals surface area (Å²) in [5.41, 5.74) is 1.36. The lowest BCUT2D eigenvalue weighted by Crippen LogP contribution is -2.12. The Bertz CT molecular complexity index is 138. The van der Waals surface area contributed by atoms with Gasteiger partial charge >= 0.3 is 0 Å². The van der Waals surface area contributed by atoms with Gasteiger partial charge in [0.2, 0.25) is 0 Å². The Balaban J connectivity index is 0.000000640. The number of hydrogen-bond acceptors (Lipinski definition) is 1. The third-order valence-electron chi connectivity index (χ3n) is 1.29. The molecule has 0 aromatic rings. The van der Waals surface area contributed by atoms with Crippen LogP contribution in [-0.2, 0) is 0 Å². The minimum absolute atomic E-state index is 0. The molecule has 0 N–H and O–H groups in total. The zero-order chi connectivity index (χ0) is 5.98. The molecule has 0 amide bonds. The van der Waals surface area contributed by atoms with Crippen LogP contribution in [0.3, 0.4) is 0 Å². The fourth-order valence-electron chi connectivity index (χ4n) is 0.662. The molecule has 0 fully saturated rings. The van der Waals surface area contributed by atoms with Gasteiger partial charge in [0.05, 0.1) is 0 Å². The van der Waals surface area contributed by atoms with Crippen LogP contribution >= 0.6 is 17.0 Å². The fraction of sp³-hybridized carbons (Fsp3) is 0.429. The van der Waals surface area contributed by atoms with Crippen LogP contribution in [0.25, 0.3) is 0 Å². The van der Waals surface area contributed by atoms with Gasteiger partial charge in [-0.15, -0.1) is 17.0 Å². The fourth-order valence-corrected chi connectivity index (χ4v) is 0.662. The second-order valence-corrected chi connectivity index (χ2v) is 2.20. The maximum atomic E-state index is 2.21. The van der Waals surface area contributed by atoms with E-state index in [1.54, 1.807) is 0 Å². The first-order valence-electron chi connectivity index (χ1n) is 2.84. The van der Waals surface area contributed by atoms with Crippen molar-refractivity contribution >= 4 is 17.0 Å². The van der Waals surface area contributed by atoms with Gasteiger partial charge in [-0.3, -0.25) is 0 Å². The van der Waals surface area contributed by atoms with E-state index >= 15 is 0 Å². The quantitative estimate of drug-likeness (QED) is 0.564. The molecule has 9 heavy (non-hydrogen) atoms. The second-order valence-electron chi connectivity index (χ2n) is 2.20. The zero-order valence-corrected chi connectivity index (χ0v) is 7.51. The van der Waals surface area contributed by atoms with Crippen LogP contribution in [0.4, 0.5) is 0 Å². The summed E-state index contributed by atoms with van der Waals surface area (Å²) in [6.45, 7) is 3.17. The van der Waals surface area contributed by atoms with Crippen molar-refractivity contribution in [2.24, 2.45) is 0 Å². The average Bonchev–Trinajstić information content (AvgIpc) is 1.77. The highest BCUT2D eigenvalue weighted by atomic mass is 79.9. The largest absolute Gasteiger partial charge is 0.377 e. The molecule has 0 aromatic heterocycles. The topological polar surface area (TPSA) is 3.24 Å². The van der Waals surface area contributed by atoms with Crippen molar-refractivity contribution < 1.29 is 0 Å². The van der Waals surface area contributed by atoms with Crippen LogP contribution in [0.15, 0.2) is 23.9 Å². The highest BCUT2D eigenvalue weighted by Crippen LogP contribution is 2.02. The predicted octanol–water partition coefficient (Wildman–Crippen LogP) is 1.97. The first-order valence-corrected chi connectivity index (χ1v) is 2.84. The van der Waals surface area contributed by atoms with E-state index in [9.17, 15) is 0 Å². The Kier molecular flexibility index (Phi) is 3.62. The molecule has 1 rings (SSSR count). The summed E-state index contributed by atoms with van der Waals surface area (Å²) in [7, 11) is 2.07. The smallest absolute Gasteiger partial charge is 0.0356 e. The first kappa shape index (κ1) is 8.76. The standard InChI is InChI=1S/C7H11N.BrH/c1-7-3-5-8(2)6-4-7;/h3-5H,6H2,1-2H3;1H.